The third kappa shape index (κ3) is 3.90. The Balaban J connectivity index is 1.93. The minimum Gasteiger partial charge on any atom is -0.422 e. The number of ether oxygens (including phenoxy) is 1. The molecule has 0 aliphatic rings. The van der Waals surface area contributed by atoms with Crippen LogP contribution < -0.4 is 0 Å². The number of benzene rings is 2. The molecule has 4 nitrogen and oxygen atoms in total. The molecule has 0 aliphatic heterocycles. The van der Waals surface area contributed by atoms with Crippen LogP contribution >= 0.6 is 11.3 Å². The second kappa shape index (κ2) is 6.98. The second-order valence-electron chi connectivity index (χ2n) is 4.79. The molecule has 1 heterocycles. The fraction of sp³-hybridized carbons (Fsp3) is 0.0556. The van der Waals surface area contributed by atoms with E-state index >= 15 is 0 Å². The Morgan fingerprint density at radius 3 is 2.13 bits per heavy atom. The average molecular weight is 322 g/mol. The van der Waals surface area contributed by atoms with Crippen LogP contribution in [0.3, 0.4) is 0 Å². The molecule has 0 amide bonds. The number of aryl methyl sites for hydroxylation is 1. The van der Waals surface area contributed by atoms with Gasteiger partial charge in [0.2, 0.25) is 0 Å². The van der Waals surface area contributed by atoms with E-state index in [2.05, 4.69) is 10.2 Å². The van der Waals surface area contributed by atoms with E-state index in [1.807, 2.05) is 43.3 Å². The first kappa shape index (κ1) is 15.1. The van der Waals surface area contributed by atoms with Crippen molar-refractivity contribution in [3.05, 3.63) is 81.8 Å². The van der Waals surface area contributed by atoms with Crippen molar-refractivity contribution >= 4 is 29.1 Å². The number of aromatic nitrogens is 2. The highest BCUT2D eigenvalue weighted by Gasteiger charge is 2.12. The van der Waals surface area contributed by atoms with Crippen molar-refractivity contribution in [3.63, 3.8) is 0 Å². The summed E-state index contributed by atoms with van der Waals surface area (Å²) in [7, 11) is 0. The topological polar surface area (TPSA) is 52.1 Å². The highest BCUT2D eigenvalue weighted by atomic mass is 32.1. The largest absolute Gasteiger partial charge is 0.422 e. The Bertz CT molecular complexity index is 826. The quantitative estimate of drug-likeness (QED) is 0.533. The van der Waals surface area contributed by atoms with Crippen LogP contribution in [-0.2, 0) is 4.74 Å². The van der Waals surface area contributed by atoms with E-state index in [0.717, 1.165) is 10.6 Å². The number of rotatable bonds is 4. The summed E-state index contributed by atoms with van der Waals surface area (Å²) in [5.74, 6) is 0.0533. The van der Waals surface area contributed by atoms with Crippen LogP contribution in [0.15, 0.2) is 60.7 Å². The summed E-state index contributed by atoms with van der Waals surface area (Å²) in [4.78, 5) is 12.3. The van der Waals surface area contributed by atoms with Gasteiger partial charge in [-0.25, -0.2) is 4.79 Å². The summed E-state index contributed by atoms with van der Waals surface area (Å²) in [5, 5.41) is 9.60. The molecule has 0 atom stereocenters. The third-order valence-electron chi connectivity index (χ3n) is 3.07. The molecule has 0 spiro atoms. The van der Waals surface area contributed by atoms with Crippen molar-refractivity contribution in [2.24, 2.45) is 0 Å². The Morgan fingerprint density at radius 2 is 1.57 bits per heavy atom. The van der Waals surface area contributed by atoms with E-state index in [1.54, 1.807) is 30.3 Å². The summed E-state index contributed by atoms with van der Waals surface area (Å²) < 4.78 is 5.60. The number of hydrogen-bond donors (Lipinski definition) is 0. The Kier molecular flexibility index (Phi) is 4.59. The molecule has 0 aliphatic carbocycles. The first-order valence-corrected chi connectivity index (χ1v) is 7.88. The summed E-state index contributed by atoms with van der Waals surface area (Å²) in [5.41, 5.74) is 1.31. The van der Waals surface area contributed by atoms with Crippen LogP contribution in [0.5, 0.6) is 0 Å². The lowest BCUT2D eigenvalue weighted by molar-refractivity contribution is 0.0693. The molecule has 0 fully saturated rings. The van der Waals surface area contributed by atoms with Gasteiger partial charge in [-0.3, -0.25) is 0 Å². The lowest BCUT2D eigenvalue weighted by Crippen LogP contribution is -2.04. The highest BCUT2D eigenvalue weighted by Crippen LogP contribution is 2.22. The molecule has 0 saturated carbocycles. The van der Waals surface area contributed by atoms with Gasteiger partial charge in [0.25, 0.3) is 0 Å². The fourth-order valence-electron chi connectivity index (χ4n) is 1.99. The van der Waals surface area contributed by atoms with Crippen LogP contribution in [0.25, 0.3) is 11.8 Å². The molecule has 0 radical (unpaired) electrons. The maximum atomic E-state index is 12.3. The SMILES string of the molecule is Cc1nnc(/C=C(/OC(=O)c2ccccc2)c2ccccc2)s1. The number of hydrogen-bond acceptors (Lipinski definition) is 5. The van der Waals surface area contributed by atoms with Gasteiger partial charge in [-0.1, -0.05) is 59.9 Å². The van der Waals surface area contributed by atoms with Crippen molar-refractivity contribution in [3.8, 4) is 0 Å². The molecule has 0 unspecified atom stereocenters. The fourth-order valence-corrected chi connectivity index (χ4v) is 2.62. The first-order valence-electron chi connectivity index (χ1n) is 7.07. The zero-order valence-corrected chi connectivity index (χ0v) is 13.3. The minimum atomic E-state index is -0.401. The van der Waals surface area contributed by atoms with Gasteiger partial charge in [-0.05, 0) is 19.1 Å². The second-order valence-corrected chi connectivity index (χ2v) is 6.00. The van der Waals surface area contributed by atoms with Gasteiger partial charge in [-0.15, -0.1) is 10.2 Å². The average Bonchev–Trinajstić information content (AvgIpc) is 3.01. The molecular formula is C18H14N2O2S. The summed E-state index contributed by atoms with van der Waals surface area (Å²) in [6, 6.07) is 18.4. The van der Waals surface area contributed by atoms with E-state index in [0.29, 0.717) is 16.3 Å². The minimum absolute atomic E-state index is 0.401. The molecule has 23 heavy (non-hydrogen) atoms. The zero-order valence-electron chi connectivity index (χ0n) is 12.5. The molecule has 0 bridgehead atoms. The van der Waals surface area contributed by atoms with Gasteiger partial charge in [0.15, 0.2) is 0 Å². The lowest BCUT2D eigenvalue weighted by Gasteiger charge is -2.08. The molecule has 0 N–H and O–H groups in total. The molecule has 0 saturated heterocycles. The summed E-state index contributed by atoms with van der Waals surface area (Å²) >= 11 is 1.44. The predicted octanol–water partition coefficient (Wildman–Crippen LogP) is 4.20. The van der Waals surface area contributed by atoms with Crippen LogP contribution in [0.4, 0.5) is 0 Å². The van der Waals surface area contributed by atoms with Crippen LogP contribution in [0.1, 0.15) is 25.9 Å². The molecule has 114 valence electrons. The van der Waals surface area contributed by atoms with E-state index in [-0.39, 0.29) is 0 Å². The number of carbonyl (C=O) groups excluding carboxylic acids is 1. The molecule has 2 aromatic carbocycles. The first-order chi connectivity index (χ1) is 11.2. The van der Waals surface area contributed by atoms with Crippen LogP contribution in [-0.4, -0.2) is 16.2 Å². The van der Waals surface area contributed by atoms with E-state index in [9.17, 15) is 4.79 Å². The number of nitrogens with zero attached hydrogens (tertiary/aromatic N) is 2. The van der Waals surface area contributed by atoms with Gasteiger partial charge >= 0.3 is 5.97 Å². The lowest BCUT2D eigenvalue weighted by atomic mass is 10.2. The van der Waals surface area contributed by atoms with E-state index < -0.39 is 5.97 Å². The normalized spacial score (nSPS) is 11.3. The molecule has 3 aromatic rings. The van der Waals surface area contributed by atoms with Crippen molar-refractivity contribution < 1.29 is 9.53 Å². The van der Waals surface area contributed by atoms with E-state index in [1.165, 1.54) is 11.3 Å². The van der Waals surface area contributed by atoms with Crippen molar-refractivity contribution in [2.45, 2.75) is 6.92 Å². The van der Waals surface area contributed by atoms with Gasteiger partial charge in [0.05, 0.1) is 5.56 Å². The predicted molar refractivity (Wildman–Crippen MR) is 90.8 cm³/mol. The Hall–Kier alpha value is -2.79. The van der Waals surface area contributed by atoms with Crippen LogP contribution in [0.2, 0.25) is 0 Å². The Labute approximate surface area is 138 Å². The van der Waals surface area contributed by atoms with Gasteiger partial charge < -0.3 is 4.74 Å². The zero-order chi connectivity index (χ0) is 16.1. The van der Waals surface area contributed by atoms with Gasteiger partial charge in [0.1, 0.15) is 15.8 Å². The number of carbonyl (C=O) groups is 1. The van der Waals surface area contributed by atoms with Crippen molar-refractivity contribution in [1.82, 2.24) is 10.2 Å². The third-order valence-corrected chi connectivity index (χ3v) is 3.85. The Morgan fingerprint density at radius 1 is 0.957 bits per heavy atom. The van der Waals surface area contributed by atoms with Crippen molar-refractivity contribution in [1.29, 1.82) is 0 Å². The maximum Gasteiger partial charge on any atom is 0.343 e. The highest BCUT2D eigenvalue weighted by molar-refractivity contribution is 7.12. The molecule has 1 aromatic heterocycles. The molecule has 3 rings (SSSR count). The van der Waals surface area contributed by atoms with E-state index in [4.69, 9.17) is 4.74 Å². The van der Waals surface area contributed by atoms with Crippen LogP contribution in [0, 0.1) is 6.92 Å². The maximum absolute atomic E-state index is 12.3. The summed E-state index contributed by atoms with van der Waals surface area (Å²) in [6.07, 6.45) is 1.74. The van der Waals surface area contributed by atoms with Gasteiger partial charge in [-0.2, -0.15) is 0 Å². The summed E-state index contributed by atoms with van der Waals surface area (Å²) in [6.45, 7) is 1.88. The molecule has 5 heteroatoms. The monoisotopic (exact) mass is 322 g/mol. The molecular weight excluding hydrogens is 308 g/mol. The number of esters is 1. The standard InChI is InChI=1S/C18H14N2O2S/c1-13-19-20-17(23-13)12-16(14-8-4-2-5-9-14)22-18(21)15-10-6-3-7-11-15/h2-12H,1H3/b16-12+. The van der Waals surface area contributed by atoms with Crippen molar-refractivity contribution in [2.75, 3.05) is 0 Å². The smallest absolute Gasteiger partial charge is 0.343 e. The van der Waals surface area contributed by atoms with Gasteiger partial charge in [0, 0.05) is 11.6 Å².